The number of ketones is 1. The maximum Gasteiger partial charge on any atom is 0.172 e. The number of carbonyl (C=O) groups is 1. The van der Waals surface area contributed by atoms with Crippen LogP contribution in [0.5, 0.6) is 0 Å². The van der Waals surface area contributed by atoms with E-state index in [1.54, 1.807) is 0 Å². The molecule has 1 aliphatic carbocycles. The number of nitrogens with one attached hydrogen (secondary N) is 1. The van der Waals surface area contributed by atoms with Crippen molar-refractivity contribution >= 4 is 12.0 Å². The standard InChI is InChI=1S/C12H14N2O/c1-11(15)9-13-14-10-12-7-5-3-2-4-6-8-12/h2-9,14H,10H2,1H3/b3-2-,4-2?,5-3?,6-4-,7-5?,8-6?,12-7?,12-8?,13-9+. The van der Waals surface area contributed by atoms with E-state index >= 15 is 0 Å². The fourth-order valence-electron chi connectivity index (χ4n) is 0.998. The summed E-state index contributed by atoms with van der Waals surface area (Å²) in [7, 11) is 0. The number of rotatable bonds is 4. The summed E-state index contributed by atoms with van der Waals surface area (Å²) in [6.45, 7) is 2.08. The maximum absolute atomic E-state index is 10.6. The Bertz CT molecular complexity index is 360. The van der Waals surface area contributed by atoms with Crippen molar-refractivity contribution in [2.24, 2.45) is 5.10 Å². The van der Waals surface area contributed by atoms with Gasteiger partial charge in [0, 0.05) is 6.92 Å². The zero-order valence-electron chi connectivity index (χ0n) is 8.68. The SMILES string of the molecule is CC(=O)/C=N/NCC1=C/C=C\C=C/C=C1. The molecule has 0 saturated heterocycles. The van der Waals surface area contributed by atoms with Gasteiger partial charge in [0.1, 0.15) is 0 Å². The Hall–Kier alpha value is -1.90. The molecule has 1 N–H and O–H groups in total. The normalized spacial score (nSPS) is 19.1. The number of allylic oxidation sites excluding steroid dienone is 6. The van der Waals surface area contributed by atoms with Gasteiger partial charge in [-0.25, -0.2) is 0 Å². The molecule has 0 atom stereocenters. The summed E-state index contributed by atoms with van der Waals surface area (Å²) >= 11 is 0. The predicted octanol–water partition coefficient (Wildman–Crippen LogP) is 1.76. The van der Waals surface area contributed by atoms with Gasteiger partial charge in [-0.3, -0.25) is 4.79 Å². The fourth-order valence-corrected chi connectivity index (χ4v) is 0.998. The minimum atomic E-state index is -0.0625. The second-order valence-corrected chi connectivity index (χ2v) is 3.07. The van der Waals surface area contributed by atoms with Crippen molar-refractivity contribution in [3.8, 4) is 0 Å². The van der Waals surface area contributed by atoms with Gasteiger partial charge in [-0.1, -0.05) is 42.5 Å². The van der Waals surface area contributed by atoms with Crippen LogP contribution in [0.4, 0.5) is 0 Å². The summed E-state index contributed by atoms with van der Waals surface area (Å²) in [5, 5.41) is 3.78. The molecule has 3 heteroatoms. The van der Waals surface area contributed by atoms with Crippen molar-refractivity contribution < 1.29 is 4.79 Å². The zero-order chi connectivity index (χ0) is 10.9. The van der Waals surface area contributed by atoms with Gasteiger partial charge < -0.3 is 5.43 Å². The lowest BCUT2D eigenvalue weighted by atomic mass is 10.2. The molecule has 1 aliphatic rings. The van der Waals surface area contributed by atoms with Gasteiger partial charge >= 0.3 is 0 Å². The Labute approximate surface area is 89.6 Å². The van der Waals surface area contributed by atoms with Crippen molar-refractivity contribution in [1.29, 1.82) is 0 Å². The minimum Gasteiger partial charge on any atom is -0.306 e. The molecule has 0 heterocycles. The highest BCUT2D eigenvalue weighted by Gasteiger charge is 1.90. The quantitative estimate of drug-likeness (QED) is 0.557. The van der Waals surface area contributed by atoms with E-state index in [-0.39, 0.29) is 5.78 Å². The van der Waals surface area contributed by atoms with E-state index < -0.39 is 0 Å². The van der Waals surface area contributed by atoms with Crippen LogP contribution in [-0.2, 0) is 4.79 Å². The molecule has 0 aliphatic heterocycles. The first-order valence-corrected chi connectivity index (χ1v) is 4.76. The molecule has 0 aromatic carbocycles. The lowest BCUT2D eigenvalue weighted by Gasteiger charge is -2.00. The van der Waals surface area contributed by atoms with Crippen molar-refractivity contribution in [2.75, 3.05) is 6.54 Å². The molecule has 3 nitrogen and oxygen atoms in total. The third-order valence-corrected chi connectivity index (χ3v) is 1.69. The van der Waals surface area contributed by atoms with Gasteiger partial charge in [0.25, 0.3) is 0 Å². The average Bonchev–Trinajstić information content (AvgIpc) is 2.14. The summed E-state index contributed by atoms with van der Waals surface area (Å²) in [4.78, 5) is 10.6. The second-order valence-electron chi connectivity index (χ2n) is 3.07. The Balaban J connectivity index is 2.41. The number of Topliss-reactive ketones (excluding diaryl/α,β-unsaturated/α-hetero) is 1. The highest BCUT2D eigenvalue weighted by atomic mass is 16.1. The zero-order valence-corrected chi connectivity index (χ0v) is 8.68. The van der Waals surface area contributed by atoms with Gasteiger partial charge in [-0.15, -0.1) is 0 Å². The fraction of sp³-hybridized carbons (Fsp3) is 0.167. The third-order valence-electron chi connectivity index (χ3n) is 1.69. The molecule has 0 fully saturated rings. The molecule has 0 aromatic heterocycles. The highest BCUT2D eigenvalue weighted by Crippen LogP contribution is 1.99. The average molecular weight is 202 g/mol. The van der Waals surface area contributed by atoms with Crippen molar-refractivity contribution in [1.82, 2.24) is 5.43 Å². The molecule has 0 aromatic rings. The third kappa shape index (κ3) is 5.41. The Morgan fingerprint density at radius 3 is 2.87 bits per heavy atom. The van der Waals surface area contributed by atoms with E-state index in [0.717, 1.165) is 5.57 Å². The molecule has 0 radical (unpaired) electrons. The van der Waals surface area contributed by atoms with Crippen molar-refractivity contribution in [2.45, 2.75) is 6.92 Å². The number of nitrogens with zero attached hydrogens (tertiary/aromatic N) is 1. The van der Waals surface area contributed by atoms with Crippen LogP contribution in [0.1, 0.15) is 6.92 Å². The molecule has 0 bridgehead atoms. The molecular formula is C12H14N2O. The van der Waals surface area contributed by atoms with E-state index in [9.17, 15) is 4.79 Å². The Morgan fingerprint density at radius 1 is 1.33 bits per heavy atom. The maximum atomic E-state index is 10.6. The van der Waals surface area contributed by atoms with Crippen LogP contribution in [0.3, 0.4) is 0 Å². The summed E-state index contributed by atoms with van der Waals surface area (Å²) in [5.41, 5.74) is 3.91. The summed E-state index contributed by atoms with van der Waals surface area (Å²) in [6, 6.07) is 0. The van der Waals surface area contributed by atoms with E-state index in [1.807, 2.05) is 42.5 Å². The molecular weight excluding hydrogens is 188 g/mol. The minimum absolute atomic E-state index is 0.0625. The molecule has 0 unspecified atom stereocenters. The number of hydrazone groups is 1. The first kappa shape index (κ1) is 11.2. The highest BCUT2D eigenvalue weighted by molar-refractivity contribution is 6.26. The van der Waals surface area contributed by atoms with Crippen LogP contribution >= 0.6 is 0 Å². The number of hydrogen-bond donors (Lipinski definition) is 1. The summed E-state index contributed by atoms with van der Waals surface area (Å²) < 4.78 is 0. The largest absolute Gasteiger partial charge is 0.306 e. The number of carbonyl (C=O) groups excluding carboxylic acids is 1. The van der Waals surface area contributed by atoms with Crippen LogP contribution < -0.4 is 5.43 Å². The van der Waals surface area contributed by atoms with Crippen LogP contribution in [0.25, 0.3) is 0 Å². The van der Waals surface area contributed by atoms with E-state index in [1.165, 1.54) is 13.1 Å². The van der Waals surface area contributed by atoms with Gasteiger partial charge in [-0.05, 0) is 5.57 Å². The van der Waals surface area contributed by atoms with Crippen LogP contribution in [0.15, 0.2) is 53.2 Å². The molecule has 0 amide bonds. The van der Waals surface area contributed by atoms with Gasteiger partial charge in [0.2, 0.25) is 0 Å². The lowest BCUT2D eigenvalue weighted by molar-refractivity contribution is -0.110. The molecule has 1 rings (SSSR count). The van der Waals surface area contributed by atoms with Crippen molar-refractivity contribution in [3.05, 3.63) is 48.1 Å². The first-order chi connectivity index (χ1) is 7.29. The summed E-state index contributed by atoms with van der Waals surface area (Å²) in [5.74, 6) is -0.0625. The van der Waals surface area contributed by atoms with E-state index in [2.05, 4.69) is 10.5 Å². The Kier molecular flexibility index (Phi) is 4.87. The first-order valence-electron chi connectivity index (χ1n) is 4.76. The molecule has 15 heavy (non-hydrogen) atoms. The smallest absolute Gasteiger partial charge is 0.172 e. The number of hydrogen-bond acceptors (Lipinski definition) is 3. The van der Waals surface area contributed by atoms with Crippen molar-refractivity contribution in [3.63, 3.8) is 0 Å². The molecule has 0 spiro atoms. The van der Waals surface area contributed by atoms with E-state index in [4.69, 9.17) is 0 Å². The second kappa shape index (κ2) is 6.54. The van der Waals surface area contributed by atoms with Gasteiger partial charge in [-0.2, -0.15) is 5.10 Å². The predicted molar refractivity (Wildman–Crippen MR) is 62.7 cm³/mol. The topological polar surface area (TPSA) is 41.5 Å². The lowest BCUT2D eigenvalue weighted by Crippen LogP contribution is -2.10. The van der Waals surface area contributed by atoms with Gasteiger partial charge in [0.15, 0.2) is 5.78 Å². The van der Waals surface area contributed by atoms with Gasteiger partial charge in [0.05, 0.1) is 12.8 Å². The van der Waals surface area contributed by atoms with E-state index in [0.29, 0.717) is 6.54 Å². The monoisotopic (exact) mass is 202 g/mol. The molecule has 0 saturated carbocycles. The summed E-state index contributed by atoms with van der Waals surface area (Å²) in [6.07, 6.45) is 15.1. The van der Waals surface area contributed by atoms with Crippen LogP contribution in [0.2, 0.25) is 0 Å². The molecule has 78 valence electrons. The van der Waals surface area contributed by atoms with Crippen LogP contribution in [-0.4, -0.2) is 18.5 Å². The van der Waals surface area contributed by atoms with Crippen LogP contribution in [0, 0.1) is 0 Å². The Morgan fingerprint density at radius 2 is 2.07 bits per heavy atom.